The van der Waals surface area contributed by atoms with E-state index in [1.807, 2.05) is 6.07 Å². The van der Waals surface area contributed by atoms with Gasteiger partial charge in [0.2, 0.25) is 0 Å². The molecule has 476 valence electrons. The Morgan fingerprint density at radius 3 is 1.93 bits per heavy atom. The minimum absolute atomic E-state index is 0.0341. The zero-order chi connectivity index (χ0) is 61.6. The van der Waals surface area contributed by atoms with Crippen molar-refractivity contribution in [2.24, 2.45) is 29.1 Å². The molecule has 6 fully saturated rings. The number of hydrogen-bond acceptors (Lipinski definition) is 11. The van der Waals surface area contributed by atoms with Crippen LogP contribution in [0.25, 0.3) is 0 Å². The number of rotatable bonds is 20. The lowest BCUT2D eigenvalue weighted by atomic mass is 9.60. The molecule has 6 aliphatic heterocycles. The van der Waals surface area contributed by atoms with Crippen LogP contribution in [0.15, 0.2) is 103 Å². The fraction of sp³-hybridized carbons (Fsp3) is 0.708. The zero-order valence-corrected chi connectivity index (χ0v) is 58.6. The van der Waals surface area contributed by atoms with Crippen LogP contribution in [-0.4, -0.2) is 104 Å². The fourth-order valence-electron chi connectivity index (χ4n) is 16.3. The average molecular weight is 1240 g/mol. The second-order valence-corrected chi connectivity index (χ2v) is 44.4. The predicted molar refractivity (Wildman–Crippen MR) is 350 cm³/mol. The van der Waals surface area contributed by atoms with Crippen LogP contribution in [0, 0.1) is 29.1 Å². The molecule has 0 radical (unpaired) electrons. The predicted octanol–water partition coefficient (Wildman–Crippen LogP) is 15.7. The average Bonchev–Trinajstić information content (AvgIpc) is 1.52. The molecule has 86 heavy (non-hydrogen) atoms. The maximum absolute atomic E-state index is 15.3. The van der Waals surface area contributed by atoms with E-state index in [1.54, 1.807) is 0 Å². The molecule has 1 aliphatic carbocycles. The fourth-order valence-corrected chi connectivity index (χ4v) is 25.4. The van der Waals surface area contributed by atoms with Gasteiger partial charge in [-0.25, -0.2) is 0 Å². The van der Waals surface area contributed by atoms with Gasteiger partial charge < -0.3 is 46.4 Å². The SMILES string of the molecule is CC[Si](CC)(CC)O[C@]1(C)CC[C@@H](CCOCc2ccccc2)O[C@@]12CC[C@@]1(CCC[C@H](C[C@@]34C[C@@H](C)[C@@H](O[Si](C)(C)C(C)(C)C)[C@@H](O3)[C@H]([C@H]3C=C(CO[Si](c5ccccc5)(c5ccccc5)C(C)(C)C)CC[C@@]35C[C@H](C)[C@@H](C)COC5=O)O4)O1)O2. The highest BCUT2D eigenvalue weighted by molar-refractivity contribution is 6.99. The molecule has 0 aromatic heterocycles. The number of cyclic esters (lactones) is 1. The van der Waals surface area contributed by atoms with Crippen LogP contribution in [0.1, 0.15) is 179 Å². The second kappa shape index (κ2) is 25.7. The summed E-state index contributed by atoms with van der Waals surface area (Å²) in [6.45, 7) is 36.8. The van der Waals surface area contributed by atoms with Gasteiger partial charge in [0.05, 0.1) is 49.7 Å². The van der Waals surface area contributed by atoms with Crippen molar-refractivity contribution in [3.63, 3.8) is 0 Å². The summed E-state index contributed by atoms with van der Waals surface area (Å²) in [7, 11) is -7.41. The van der Waals surface area contributed by atoms with E-state index in [4.69, 9.17) is 46.4 Å². The molecule has 6 heterocycles. The molecule has 0 saturated carbocycles. The Morgan fingerprint density at radius 2 is 1.30 bits per heavy atom. The van der Waals surface area contributed by atoms with E-state index in [0.29, 0.717) is 65.0 Å². The summed E-state index contributed by atoms with van der Waals surface area (Å²) in [6.07, 6.45) is 10.7. The Labute approximate surface area is 521 Å². The Kier molecular flexibility index (Phi) is 19.7. The van der Waals surface area contributed by atoms with Gasteiger partial charge >= 0.3 is 5.97 Å². The summed E-state index contributed by atoms with van der Waals surface area (Å²) in [5.74, 6) is -2.73. The molecular weight excluding hydrogens is 1130 g/mol. The lowest BCUT2D eigenvalue weighted by molar-refractivity contribution is -0.401. The largest absolute Gasteiger partial charge is 0.465 e. The molecule has 14 atom stereocenters. The first-order valence-corrected chi connectivity index (χ1v) is 41.1. The first-order valence-electron chi connectivity index (χ1n) is 33.8. The molecule has 0 N–H and O–H groups in total. The highest BCUT2D eigenvalue weighted by Gasteiger charge is 2.68. The van der Waals surface area contributed by atoms with Crippen molar-refractivity contribution < 1.29 is 51.2 Å². The normalized spacial score (nSPS) is 35.5. The van der Waals surface area contributed by atoms with Crippen LogP contribution in [0.4, 0.5) is 0 Å². The molecule has 0 amide bonds. The number of fused-ring (bicyclic) bond motifs is 2. The van der Waals surface area contributed by atoms with Gasteiger partial charge in [0, 0.05) is 44.6 Å². The quantitative estimate of drug-likeness (QED) is 0.0467. The molecule has 3 spiro atoms. The van der Waals surface area contributed by atoms with Gasteiger partial charge in [-0.05, 0) is 139 Å². The molecule has 7 aliphatic rings. The third-order valence-corrected chi connectivity index (χ3v) is 37.1. The maximum atomic E-state index is 15.3. The topological polar surface area (TPSA) is 109 Å². The molecule has 2 bridgehead atoms. The lowest BCUT2D eigenvalue weighted by Gasteiger charge is -2.55. The number of esters is 1. The first-order chi connectivity index (χ1) is 40.7. The second-order valence-electron chi connectivity index (χ2n) is 30.6. The Bertz CT molecular complexity index is 2720. The van der Waals surface area contributed by atoms with E-state index in [9.17, 15) is 0 Å². The van der Waals surface area contributed by atoms with Crippen molar-refractivity contribution >= 4 is 41.3 Å². The van der Waals surface area contributed by atoms with E-state index < -0.39 is 65.5 Å². The minimum atomic E-state index is -2.92. The lowest BCUT2D eigenvalue weighted by Crippen LogP contribution is -2.66. The molecule has 10 rings (SSSR count). The van der Waals surface area contributed by atoms with E-state index in [2.05, 4.69) is 194 Å². The van der Waals surface area contributed by atoms with Crippen LogP contribution in [0.3, 0.4) is 0 Å². The Hall–Kier alpha value is -2.84. The van der Waals surface area contributed by atoms with Gasteiger partial charge in [-0.15, -0.1) is 0 Å². The van der Waals surface area contributed by atoms with E-state index in [-0.39, 0.29) is 58.0 Å². The van der Waals surface area contributed by atoms with Crippen molar-refractivity contribution in [3.05, 3.63) is 108 Å². The van der Waals surface area contributed by atoms with Gasteiger partial charge in [-0.1, -0.05) is 180 Å². The molecule has 3 aromatic rings. The van der Waals surface area contributed by atoms with Gasteiger partial charge in [-0.3, -0.25) is 4.79 Å². The van der Waals surface area contributed by atoms with E-state index in [1.165, 1.54) is 21.5 Å². The van der Waals surface area contributed by atoms with Crippen LogP contribution in [0.2, 0.25) is 41.3 Å². The molecule has 14 heteroatoms. The van der Waals surface area contributed by atoms with Crippen LogP contribution in [0.5, 0.6) is 0 Å². The Balaban J connectivity index is 0.979. The van der Waals surface area contributed by atoms with Gasteiger partial charge in [-0.2, -0.15) is 0 Å². The molecular formula is C72H110O11Si3. The van der Waals surface area contributed by atoms with Gasteiger partial charge in [0.25, 0.3) is 8.32 Å². The number of carbonyl (C=O) groups is 1. The van der Waals surface area contributed by atoms with E-state index >= 15 is 4.79 Å². The van der Waals surface area contributed by atoms with Gasteiger partial charge in [0.1, 0.15) is 11.7 Å². The summed E-state index contributed by atoms with van der Waals surface area (Å²) in [5, 5.41) is 2.25. The third-order valence-electron chi connectivity index (χ3n) is 22.9. The summed E-state index contributed by atoms with van der Waals surface area (Å²) in [5.41, 5.74) is 0.892. The highest BCUT2D eigenvalue weighted by Crippen LogP contribution is 2.60. The standard InChI is InChI=1S/C72H110O11Si3/c1-16-85(17-2,18-3)83-68(13)40-37-57(38-44-74-50-55-29-22-19-23-30-55)78-72(68)43-42-70(82-72)39-28-31-58(77-70)48-71-47-53(5)62(81-84(14,15)66(7,8)9)64(80-71)63(79-71)61-45-56(36-41-69(61)46-52(4)54(6)49-75-65(69)73)51-76-86(67(10,11)12,59-32-24-20-25-33-59)60-34-26-21-27-35-60/h19-27,29-30,32-35,45,52-54,57-58,61-64H,16-18,28,31,36-44,46-51H2,1-15H3/t52-,53+,54-,57-,58+,61+,62+,63-,64+,68+,69+,70+,71+,72+/m0/s1. The number of hydrogen-bond donors (Lipinski definition) is 0. The van der Waals surface area contributed by atoms with Crippen molar-refractivity contribution in [1.82, 2.24) is 0 Å². The monoisotopic (exact) mass is 1230 g/mol. The third kappa shape index (κ3) is 12.9. The van der Waals surface area contributed by atoms with Crippen LogP contribution < -0.4 is 10.4 Å². The molecule has 3 aromatic carbocycles. The van der Waals surface area contributed by atoms with Crippen LogP contribution >= 0.6 is 0 Å². The van der Waals surface area contributed by atoms with Gasteiger partial charge in [0.15, 0.2) is 34.0 Å². The van der Waals surface area contributed by atoms with Crippen molar-refractivity contribution in [1.29, 1.82) is 0 Å². The number of benzene rings is 3. The molecule has 0 unspecified atom stereocenters. The Morgan fingerprint density at radius 1 is 0.663 bits per heavy atom. The molecule has 11 nitrogen and oxygen atoms in total. The summed E-state index contributed by atoms with van der Waals surface area (Å²) >= 11 is 0. The van der Waals surface area contributed by atoms with E-state index in [0.717, 1.165) is 63.1 Å². The zero-order valence-electron chi connectivity index (χ0n) is 55.6. The molecule has 6 saturated heterocycles. The van der Waals surface area contributed by atoms with Crippen molar-refractivity contribution in [2.75, 3.05) is 19.8 Å². The van der Waals surface area contributed by atoms with Crippen molar-refractivity contribution in [3.8, 4) is 0 Å². The maximum Gasteiger partial charge on any atom is 0.312 e. The smallest absolute Gasteiger partial charge is 0.312 e. The van der Waals surface area contributed by atoms with Crippen molar-refractivity contribution in [2.45, 2.75) is 275 Å². The highest BCUT2D eigenvalue weighted by atomic mass is 28.4. The minimum Gasteiger partial charge on any atom is -0.465 e. The van der Waals surface area contributed by atoms with Crippen LogP contribution in [-0.2, 0) is 57.8 Å². The summed E-state index contributed by atoms with van der Waals surface area (Å²) < 4.78 is 74.0. The first kappa shape index (κ1) is 66.1. The summed E-state index contributed by atoms with van der Waals surface area (Å²) in [4.78, 5) is 15.3. The summed E-state index contributed by atoms with van der Waals surface area (Å²) in [6, 6.07) is 35.4. The number of ether oxygens (including phenoxy) is 7. The number of carbonyl (C=O) groups excluding carboxylic acids is 1.